The van der Waals surface area contributed by atoms with E-state index in [0.717, 1.165) is 3.57 Å². The molecule has 0 heterocycles. The molecule has 0 aromatic heterocycles. The fourth-order valence-electron chi connectivity index (χ4n) is 1.69. The number of rotatable bonds is 3. The molecule has 2 N–H and O–H groups in total. The van der Waals surface area contributed by atoms with Crippen molar-refractivity contribution >= 4 is 57.4 Å². The van der Waals surface area contributed by atoms with Crippen LogP contribution in [0.4, 0.5) is 16.2 Å². The van der Waals surface area contributed by atoms with Crippen LogP contribution >= 0.6 is 34.2 Å². The number of hydrogen-bond acceptors (Lipinski definition) is 2. The number of nitrogens with one attached hydrogen (secondary N) is 2. The second-order valence-electron chi connectivity index (χ2n) is 4.34. The van der Waals surface area contributed by atoms with E-state index in [-0.39, 0.29) is 5.78 Å². The zero-order valence-corrected chi connectivity index (χ0v) is 14.0. The minimum absolute atomic E-state index is 0.0558. The normalized spacial score (nSPS) is 10.0. The van der Waals surface area contributed by atoms with Gasteiger partial charge in [0.15, 0.2) is 5.78 Å². The molecule has 0 aliphatic carbocycles. The highest BCUT2D eigenvalue weighted by Gasteiger charge is 2.07. The molecule has 6 heteroatoms. The van der Waals surface area contributed by atoms with Crippen LogP contribution in [-0.2, 0) is 0 Å². The van der Waals surface area contributed by atoms with Crippen LogP contribution in [0.1, 0.15) is 17.3 Å². The summed E-state index contributed by atoms with van der Waals surface area (Å²) in [6.45, 7) is 1.48. The van der Waals surface area contributed by atoms with Gasteiger partial charge in [0.1, 0.15) is 0 Å². The molecule has 0 aliphatic rings. The Balaban J connectivity index is 2.08. The predicted molar refractivity (Wildman–Crippen MR) is 93.3 cm³/mol. The zero-order valence-electron chi connectivity index (χ0n) is 11.1. The number of urea groups is 1. The van der Waals surface area contributed by atoms with Crippen LogP contribution in [0.25, 0.3) is 0 Å². The summed E-state index contributed by atoms with van der Waals surface area (Å²) < 4.78 is 0.984. The molecule has 4 nitrogen and oxygen atoms in total. The van der Waals surface area contributed by atoms with Crippen LogP contribution in [0.5, 0.6) is 0 Å². The van der Waals surface area contributed by atoms with E-state index >= 15 is 0 Å². The standard InChI is InChI=1S/C15H12ClIN2O2/c1-9(20)10-3-2-4-12(7-10)18-15(21)19-14-6-5-11(17)8-13(14)16/h2-8H,1H3,(H2,18,19,21). The average molecular weight is 415 g/mol. The molecule has 2 aromatic rings. The molecule has 2 amide bonds. The van der Waals surface area contributed by atoms with Crippen molar-refractivity contribution in [2.75, 3.05) is 10.6 Å². The van der Waals surface area contributed by atoms with Crippen molar-refractivity contribution in [2.24, 2.45) is 0 Å². The monoisotopic (exact) mass is 414 g/mol. The Morgan fingerprint density at radius 1 is 1.10 bits per heavy atom. The SMILES string of the molecule is CC(=O)c1cccc(NC(=O)Nc2ccc(I)cc2Cl)c1. The average Bonchev–Trinajstić information content (AvgIpc) is 2.42. The lowest BCUT2D eigenvalue weighted by atomic mass is 10.1. The molecule has 0 unspecified atom stereocenters. The van der Waals surface area contributed by atoms with Crippen LogP contribution < -0.4 is 10.6 Å². The van der Waals surface area contributed by atoms with Crippen LogP contribution in [-0.4, -0.2) is 11.8 Å². The molecule has 0 bridgehead atoms. The Kier molecular flexibility index (Phi) is 5.19. The number of ketones is 1. The Hall–Kier alpha value is -1.60. The number of amides is 2. The molecule has 2 rings (SSSR count). The molecule has 0 saturated carbocycles. The smallest absolute Gasteiger partial charge is 0.308 e. The Morgan fingerprint density at radius 3 is 2.52 bits per heavy atom. The van der Waals surface area contributed by atoms with Crippen molar-refractivity contribution < 1.29 is 9.59 Å². The predicted octanol–water partition coefficient (Wildman–Crippen LogP) is 4.79. The van der Waals surface area contributed by atoms with Gasteiger partial charge in [-0.3, -0.25) is 4.79 Å². The van der Waals surface area contributed by atoms with E-state index < -0.39 is 6.03 Å². The van der Waals surface area contributed by atoms with Crippen LogP contribution in [0.15, 0.2) is 42.5 Å². The maximum atomic E-state index is 11.9. The molecular formula is C15H12ClIN2O2. The summed E-state index contributed by atoms with van der Waals surface area (Å²) in [5.74, 6) is -0.0558. The van der Waals surface area contributed by atoms with Crippen molar-refractivity contribution in [1.82, 2.24) is 0 Å². The van der Waals surface area contributed by atoms with Crippen molar-refractivity contribution in [1.29, 1.82) is 0 Å². The Morgan fingerprint density at radius 2 is 1.86 bits per heavy atom. The number of Topliss-reactive ketones (excluding diaryl/α,β-unsaturated/α-hetero) is 1. The first-order chi connectivity index (χ1) is 9.95. The summed E-state index contributed by atoms with van der Waals surface area (Å²) in [5.41, 5.74) is 1.61. The lowest BCUT2D eigenvalue weighted by Gasteiger charge is -2.10. The van der Waals surface area contributed by atoms with Gasteiger partial charge in [0.25, 0.3) is 0 Å². The topological polar surface area (TPSA) is 58.2 Å². The van der Waals surface area contributed by atoms with Crippen molar-refractivity contribution in [2.45, 2.75) is 6.92 Å². The third-order valence-corrected chi connectivity index (χ3v) is 3.69. The second-order valence-corrected chi connectivity index (χ2v) is 5.99. The maximum Gasteiger partial charge on any atom is 0.323 e. The Labute approximate surface area is 141 Å². The highest BCUT2D eigenvalue weighted by Crippen LogP contribution is 2.24. The van der Waals surface area contributed by atoms with Gasteiger partial charge in [-0.25, -0.2) is 4.79 Å². The van der Waals surface area contributed by atoms with Gasteiger partial charge in [-0.2, -0.15) is 0 Å². The fourth-order valence-corrected chi connectivity index (χ4v) is 2.59. The van der Waals surface area contributed by atoms with E-state index in [1.807, 2.05) is 6.07 Å². The number of hydrogen-bond donors (Lipinski definition) is 2. The number of benzene rings is 2. The first-order valence-electron chi connectivity index (χ1n) is 6.10. The second kappa shape index (κ2) is 6.91. The number of carbonyl (C=O) groups excluding carboxylic acids is 2. The van der Waals surface area contributed by atoms with E-state index in [9.17, 15) is 9.59 Å². The first-order valence-corrected chi connectivity index (χ1v) is 7.55. The largest absolute Gasteiger partial charge is 0.323 e. The minimum atomic E-state index is -0.418. The van der Waals surface area contributed by atoms with E-state index in [1.54, 1.807) is 36.4 Å². The third kappa shape index (κ3) is 4.44. The van der Waals surface area contributed by atoms with Gasteiger partial charge in [0.05, 0.1) is 10.7 Å². The van der Waals surface area contributed by atoms with Gasteiger partial charge in [-0.05, 0) is 59.8 Å². The summed E-state index contributed by atoms with van der Waals surface area (Å²) in [5, 5.41) is 5.80. The van der Waals surface area contributed by atoms with E-state index in [0.29, 0.717) is 22.0 Å². The summed E-state index contributed by atoms with van der Waals surface area (Å²) in [6.07, 6.45) is 0. The molecule has 0 atom stereocenters. The first kappa shape index (κ1) is 15.8. The molecule has 108 valence electrons. The van der Waals surface area contributed by atoms with Gasteiger partial charge >= 0.3 is 6.03 Å². The lowest BCUT2D eigenvalue weighted by Crippen LogP contribution is -2.19. The molecule has 0 fully saturated rings. The highest BCUT2D eigenvalue weighted by molar-refractivity contribution is 14.1. The summed E-state index contributed by atoms with van der Waals surface area (Å²) >= 11 is 8.19. The summed E-state index contributed by atoms with van der Waals surface area (Å²) in [7, 11) is 0. The van der Waals surface area contributed by atoms with Crippen molar-refractivity contribution in [3.63, 3.8) is 0 Å². The maximum absolute atomic E-state index is 11.9. The number of carbonyl (C=O) groups is 2. The van der Waals surface area contributed by atoms with Gasteiger partial charge < -0.3 is 10.6 Å². The van der Waals surface area contributed by atoms with Gasteiger partial charge in [-0.1, -0.05) is 23.7 Å². The van der Waals surface area contributed by atoms with E-state index in [1.165, 1.54) is 6.92 Å². The van der Waals surface area contributed by atoms with Crippen molar-refractivity contribution in [3.05, 3.63) is 56.6 Å². The number of halogens is 2. The molecule has 2 aromatic carbocycles. The third-order valence-electron chi connectivity index (χ3n) is 2.71. The minimum Gasteiger partial charge on any atom is -0.308 e. The van der Waals surface area contributed by atoms with Crippen LogP contribution in [0.2, 0.25) is 5.02 Å². The molecule has 0 radical (unpaired) electrons. The summed E-state index contributed by atoms with van der Waals surface area (Å²) in [6, 6.07) is 11.7. The molecule has 0 aliphatic heterocycles. The molecule has 0 spiro atoms. The number of anilines is 2. The quantitative estimate of drug-likeness (QED) is 0.560. The molecule has 0 saturated heterocycles. The van der Waals surface area contributed by atoms with E-state index in [4.69, 9.17) is 11.6 Å². The highest BCUT2D eigenvalue weighted by atomic mass is 127. The zero-order chi connectivity index (χ0) is 15.4. The molecular weight excluding hydrogens is 403 g/mol. The molecule has 21 heavy (non-hydrogen) atoms. The lowest BCUT2D eigenvalue weighted by molar-refractivity contribution is 0.101. The van der Waals surface area contributed by atoms with Crippen molar-refractivity contribution in [3.8, 4) is 0 Å². The van der Waals surface area contributed by atoms with E-state index in [2.05, 4.69) is 33.2 Å². The van der Waals surface area contributed by atoms with Crippen LogP contribution in [0, 0.1) is 3.57 Å². The fraction of sp³-hybridized carbons (Fsp3) is 0.0667. The Bertz CT molecular complexity index is 704. The van der Waals surface area contributed by atoms with Gasteiger partial charge in [0, 0.05) is 14.8 Å². The van der Waals surface area contributed by atoms with Gasteiger partial charge in [-0.15, -0.1) is 0 Å². The summed E-state index contributed by atoms with van der Waals surface area (Å²) in [4.78, 5) is 23.2. The van der Waals surface area contributed by atoms with Gasteiger partial charge in [0.2, 0.25) is 0 Å². The van der Waals surface area contributed by atoms with Crippen LogP contribution in [0.3, 0.4) is 0 Å².